The fraction of sp³-hybridized carbons (Fsp3) is 0.0909. The highest BCUT2D eigenvalue weighted by molar-refractivity contribution is 6.08. The molecule has 0 saturated heterocycles. The number of amides is 2. The molecule has 8 nitrogen and oxygen atoms in total. The molecule has 0 unspecified atom stereocenters. The molecule has 4 N–H and O–H groups in total. The Bertz CT molecular complexity index is 1010. The van der Waals surface area contributed by atoms with Gasteiger partial charge in [0.05, 0.1) is 22.5 Å². The predicted molar refractivity (Wildman–Crippen MR) is 113 cm³/mol. The van der Waals surface area contributed by atoms with E-state index in [9.17, 15) is 29.4 Å². The van der Waals surface area contributed by atoms with Crippen molar-refractivity contribution in [1.29, 1.82) is 0 Å². The van der Waals surface area contributed by atoms with Gasteiger partial charge in [0, 0.05) is 11.1 Å². The Morgan fingerprint density at radius 2 is 1.03 bits per heavy atom. The number of nitrogens with one attached hydrogen (secondary N) is 2. The molecule has 2 aromatic rings. The monoisotopic (exact) mass is 408 g/mol. The minimum absolute atomic E-state index is 0.0862. The number of hydrogen-bond donors (Lipinski definition) is 4. The molecule has 154 valence electrons. The van der Waals surface area contributed by atoms with Crippen LogP contribution in [-0.2, 0) is 9.59 Å². The molecule has 0 fully saturated rings. The first kappa shape index (κ1) is 22.1. The van der Waals surface area contributed by atoms with Crippen LogP contribution in [0.1, 0.15) is 34.6 Å². The summed E-state index contributed by atoms with van der Waals surface area (Å²) in [6, 6.07) is 8.57. The summed E-state index contributed by atoms with van der Waals surface area (Å²) in [7, 11) is 0. The number of carbonyl (C=O) groups excluding carboxylic acids is 2. The van der Waals surface area contributed by atoms with Gasteiger partial charge in [-0.05, 0) is 49.2 Å². The quantitative estimate of drug-likeness (QED) is 0.515. The van der Waals surface area contributed by atoms with E-state index in [0.717, 1.165) is 0 Å². The highest BCUT2D eigenvalue weighted by Gasteiger charge is 2.17. The molecule has 2 aromatic carbocycles. The minimum atomic E-state index is -1.27. The largest absolute Gasteiger partial charge is 0.478 e. The molecule has 0 radical (unpaired) electrons. The second kappa shape index (κ2) is 8.87. The molecule has 2 rings (SSSR count). The van der Waals surface area contributed by atoms with E-state index in [4.69, 9.17) is 0 Å². The number of hydrogen-bond acceptors (Lipinski definition) is 4. The second-order valence-electron chi connectivity index (χ2n) is 6.60. The normalized spacial score (nSPS) is 10.1. The van der Waals surface area contributed by atoms with Crippen molar-refractivity contribution in [3.63, 3.8) is 0 Å². The number of carbonyl (C=O) groups is 4. The summed E-state index contributed by atoms with van der Waals surface area (Å²) in [6.45, 7) is 10.00. The molecule has 0 heterocycles. The zero-order valence-corrected chi connectivity index (χ0v) is 16.4. The van der Waals surface area contributed by atoms with Crippen molar-refractivity contribution in [2.45, 2.75) is 13.8 Å². The average Bonchev–Trinajstić information content (AvgIpc) is 2.67. The van der Waals surface area contributed by atoms with Gasteiger partial charge in [-0.15, -0.1) is 0 Å². The lowest BCUT2D eigenvalue weighted by Crippen LogP contribution is -2.15. The number of benzene rings is 2. The lowest BCUT2D eigenvalue weighted by Gasteiger charge is -2.13. The minimum Gasteiger partial charge on any atom is -0.478 e. The molecule has 8 heteroatoms. The van der Waals surface area contributed by atoms with E-state index in [1.807, 2.05) is 0 Å². The Kier molecular flexibility index (Phi) is 6.53. The van der Waals surface area contributed by atoms with E-state index in [0.29, 0.717) is 11.1 Å². The Labute approximate surface area is 172 Å². The van der Waals surface area contributed by atoms with Crippen LogP contribution < -0.4 is 10.6 Å². The number of anilines is 2. The average molecular weight is 408 g/mol. The molecule has 0 bridgehead atoms. The van der Waals surface area contributed by atoms with Crippen LogP contribution in [0.3, 0.4) is 0 Å². The SMILES string of the molecule is C=C(C)C(=O)Nc1ccc(-c2ccc(NC(=O)C(=C)C)c(C(=O)O)c2)cc1C(=O)O. The molecule has 2 amide bonds. The van der Waals surface area contributed by atoms with Crippen molar-refractivity contribution < 1.29 is 29.4 Å². The first-order valence-corrected chi connectivity index (χ1v) is 8.70. The second-order valence-corrected chi connectivity index (χ2v) is 6.60. The van der Waals surface area contributed by atoms with Crippen molar-refractivity contribution in [2.75, 3.05) is 10.6 Å². The van der Waals surface area contributed by atoms with Gasteiger partial charge in [-0.3, -0.25) is 9.59 Å². The summed E-state index contributed by atoms with van der Waals surface area (Å²) in [6.07, 6.45) is 0. The summed E-state index contributed by atoms with van der Waals surface area (Å²) in [5.41, 5.74) is 1.10. The van der Waals surface area contributed by atoms with Gasteiger partial charge >= 0.3 is 11.9 Å². The number of carboxylic acids is 2. The molecule has 0 saturated carbocycles. The molecule has 30 heavy (non-hydrogen) atoms. The van der Waals surface area contributed by atoms with Crippen LogP contribution in [0, 0.1) is 0 Å². The molecule has 0 atom stereocenters. The Hall–Kier alpha value is -4.20. The number of carboxylic acid groups (broad SMARTS) is 2. The van der Waals surface area contributed by atoms with Gasteiger partial charge < -0.3 is 20.8 Å². The Morgan fingerprint density at radius 3 is 1.30 bits per heavy atom. The van der Waals surface area contributed by atoms with Gasteiger partial charge in [0.1, 0.15) is 0 Å². The maximum absolute atomic E-state index is 11.8. The van der Waals surface area contributed by atoms with E-state index in [1.165, 1.54) is 38.1 Å². The van der Waals surface area contributed by atoms with Crippen molar-refractivity contribution in [3.8, 4) is 11.1 Å². The molecule has 0 aliphatic rings. The molecule has 0 spiro atoms. The zero-order chi connectivity index (χ0) is 22.6. The summed E-state index contributed by atoms with van der Waals surface area (Å²) in [5.74, 6) is -3.57. The van der Waals surface area contributed by atoms with Crippen LogP contribution in [0.5, 0.6) is 0 Å². The van der Waals surface area contributed by atoms with Gasteiger partial charge in [0.25, 0.3) is 11.8 Å². The van der Waals surface area contributed by atoms with E-state index in [2.05, 4.69) is 23.8 Å². The summed E-state index contributed by atoms with van der Waals surface area (Å²) >= 11 is 0. The van der Waals surface area contributed by atoms with Gasteiger partial charge in [-0.1, -0.05) is 25.3 Å². The lowest BCUT2D eigenvalue weighted by molar-refractivity contribution is -0.113. The predicted octanol–water partition coefficient (Wildman–Crippen LogP) is 3.78. The third-order valence-corrected chi connectivity index (χ3v) is 4.10. The topological polar surface area (TPSA) is 133 Å². The first-order valence-electron chi connectivity index (χ1n) is 8.70. The van der Waals surface area contributed by atoms with E-state index >= 15 is 0 Å². The summed E-state index contributed by atoms with van der Waals surface area (Å²) in [4.78, 5) is 46.9. The third kappa shape index (κ3) is 4.99. The maximum atomic E-state index is 11.8. The molecule has 0 aliphatic heterocycles. The van der Waals surface area contributed by atoms with Crippen molar-refractivity contribution in [3.05, 3.63) is 71.8 Å². The van der Waals surface area contributed by atoms with Gasteiger partial charge in [-0.25, -0.2) is 9.59 Å². The molecule has 0 aromatic heterocycles. The highest BCUT2D eigenvalue weighted by atomic mass is 16.4. The highest BCUT2D eigenvalue weighted by Crippen LogP contribution is 2.29. The van der Waals surface area contributed by atoms with Crippen LogP contribution in [0.25, 0.3) is 11.1 Å². The standard InChI is InChI=1S/C22H20N2O6/c1-11(2)19(25)23-17-7-5-13(9-15(17)21(27)28)14-6-8-18(16(10-14)22(29)30)24-20(26)12(3)4/h5-10H,1,3H2,2,4H3,(H,23,25)(H,24,26)(H,27,28)(H,29,30). The maximum Gasteiger partial charge on any atom is 0.337 e. The van der Waals surface area contributed by atoms with Crippen molar-refractivity contribution >= 4 is 35.1 Å². The first-order chi connectivity index (χ1) is 14.0. The van der Waals surface area contributed by atoms with E-state index < -0.39 is 23.8 Å². The van der Waals surface area contributed by atoms with Crippen LogP contribution in [0.2, 0.25) is 0 Å². The summed E-state index contributed by atoms with van der Waals surface area (Å²) < 4.78 is 0. The summed E-state index contributed by atoms with van der Waals surface area (Å²) in [5, 5.41) is 23.9. The fourth-order valence-corrected chi connectivity index (χ4v) is 2.48. The van der Waals surface area contributed by atoms with E-state index in [1.54, 1.807) is 12.1 Å². The zero-order valence-electron chi connectivity index (χ0n) is 16.4. The van der Waals surface area contributed by atoms with Crippen LogP contribution in [0.15, 0.2) is 60.7 Å². The van der Waals surface area contributed by atoms with Crippen LogP contribution in [-0.4, -0.2) is 34.0 Å². The molecule has 0 aliphatic carbocycles. The smallest absolute Gasteiger partial charge is 0.337 e. The Balaban J connectivity index is 2.50. The van der Waals surface area contributed by atoms with E-state index in [-0.39, 0.29) is 33.6 Å². The molecular formula is C22H20N2O6. The lowest BCUT2D eigenvalue weighted by atomic mass is 9.98. The number of aromatic carboxylic acids is 2. The Morgan fingerprint density at radius 1 is 0.700 bits per heavy atom. The van der Waals surface area contributed by atoms with Crippen molar-refractivity contribution in [1.82, 2.24) is 0 Å². The van der Waals surface area contributed by atoms with Crippen molar-refractivity contribution in [2.24, 2.45) is 0 Å². The van der Waals surface area contributed by atoms with Gasteiger partial charge in [0.15, 0.2) is 0 Å². The number of rotatable bonds is 7. The molecular weight excluding hydrogens is 388 g/mol. The van der Waals surface area contributed by atoms with Gasteiger partial charge in [0.2, 0.25) is 0 Å². The van der Waals surface area contributed by atoms with Crippen LogP contribution in [0.4, 0.5) is 11.4 Å². The van der Waals surface area contributed by atoms with Crippen LogP contribution >= 0.6 is 0 Å². The van der Waals surface area contributed by atoms with Gasteiger partial charge in [-0.2, -0.15) is 0 Å². The fourth-order valence-electron chi connectivity index (χ4n) is 2.48. The third-order valence-electron chi connectivity index (χ3n) is 4.10.